The lowest BCUT2D eigenvalue weighted by atomic mass is 9.59. The van der Waals surface area contributed by atoms with Crippen LogP contribution in [-0.4, -0.2) is 0 Å². The van der Waals surface area contributed by atoms with Gasteiger partial charge >= 0.3 is 0 Å². The molecule has 0 N–H and O–H groups in total. The van der Waals surface area contributed by atoms with Gasteiger partial charge in [-0.1, -0.05) is 200 Å². The highest BCUT2D eigenvalue weighted by Crippen LogP contribution is 2.76. The van der Waals surface area contributed by atoms with Crippen LogP contribution in [-0.2, 0) is 10.8 Å². The molecule has 0 bridgehead atoms. The molecule has 326 valence electrons. The van der Waals surface area contributed by atoms with E-state index in [1.54, 1.807) is 0 Å². The summed E-state index contributed by atoms with van der Waals surface area (Å²) in [6, 6.07) is 84.5. The maximum atomic E-state index is 2.56. The van der Waals surface area contributed by atoms with E-state index in [1.807, 2.05) is 34.0 Å². The first-order chi connectivity index (χ1) is 35.2. The average molecular weight is 949 g/mol. The van der Waals surface area contributed by atoms with Crippen LogP contribution in [0.1, 0.15) is 33.4 Å². The Kier molecular flexibility index (Phi) is 6.98. The smallest absolute Gasteiger partial charge is 0.0648 e. The molecular weight excluding hydrogens is 913 g/mol. The summed E-state index contributed by atoms with van der Waals surface area (Å²) in [6.45, 7) is 0. The van der Waals surface area contributed by atoms with Gasteiger partial charge in [0.25, 0.3) is 0 Å². The van der Waals surface area contributed by atoms with Gasteiger partial charge in [-0.05, 0) is 101 Å². The molecule has 0 radical (unpaired) electrons. The number of benzene rings is 12. The molecule has 0 amide bonds. The lowest BCUT2D eigenvalue weighted by molar-refractivity contribution is 0.492. The lowest BCUT2D eigenvalue weighted by Crippen LogP contribution is -2.42. The molecule has 3 aliphatic carbocycles. The third kappa shape index (κ3) is 4.27. The molecule has 3 heteroatoms. The SMILES string of the molecule is c1ccc2c(c1)sc1c(-c3ccc4c5c(cccc35)C35c6cccc7c(-c8cccc9c8sc8ccccc89)ccc(c67)C43c3ccc(-c4cccc6c4sc4ccccc46)c4cccc5c34)cccc12. The Balaban J connectivity index is 0.965. The molecule has 0 unspecified atom stereocenters. The minimum Gasteiger partial charge on any atom is -0.135 e. The van der Waals surface area contributed by atoms with Gasteiger partial charge in [-0.2, -0.15) is 0 Å². The highest BCUT2D eigenvalue weighted by Gasteiger charge is 2.70. The second kappa shape index (κ2) is 13.1. The Hall–Kier alpha value is -7.92. The van der Waals surface area contributed by atoms with E-state index in [9.17, 15) is 0 Å². The summed E-state index contributed by atoms with van der Waals surface area (Å²) >= 11 is 5.77. The van der Waals surface area contributed by atoms with E-state index in [-0.39, 0.29) is 0 Å². The summed E-state index contributed by atoms with van der Waals surface area (Å²) in [4.78, 5) is 0. The van der Waals surface area contributed by atoms with Crippen LogP contribution < -0.4 is 0 Å². The molecule has 12 aromatic carbocycles. The van der Waals surface area contributed by atoms with Crippen LogP contribution in [0.15, 0.2) is 218 Å². The molecule has 71 heavy (non-hydrogen) atoms. The first kappa shape index (κ1) is 37.9. The van der Waals surface area contributed by atoms with Gasteiger partial charge < -0.3 is 0 Å². The Morgan fingerprint density at radius 1 is 0.197 bits per heavy atom. The predicted molar refractivity (Wildman–Crippen MR) is 307 cm³/mol. The van der Waals surface area contributed by atoms with Gasteiger partial charge in [0.15, 0.2) is 0 Å². The van der Waals surface area contributed by atoms with Crippen molar-refractivity contribution in [2.24, 2.45) is 0 Å². The first-order valence-electron chi connectivity index (χ1n) is 24.7. The normalized spacial score (nSPS) is 17.4. The zero-order chi connectivity index (χ0) is 45.9. The van der Waals surface area contributed by atoms with E-state index in [1.165, 1.54) is 160 Å². The van der Waals surface area contributed by atoms with Crippen LogP contribution in [0.4, 0.5) is 0 Å². The largest absolute Gasteiger partial charge is 0.135 e. The molecule has 0 spiro atoms. The van der Waals surface area contributed by atoms with E-state index in [0.717, 1.165) is 0 Å². The Morgan fingerprint density at radius 2 is 0.465 bits per heavy atom. The monoisotopic (exact) mass is 948 g/mol. The van der Waals surface area contributed by atoms with Gasteiger partial charge in [0, 0.05) is 77.2 Å². The Bertz CT molecular complexity index is 4430. The topological polar surface area (TPSA) is 0 Å². The van der Waals surface area contributed by atoms with Gasteiger partial charge in [0.1, 0.15) is 0 Å². The summed E-state index contributed by atoms with van der Waals surface area (Å²) in [6.07, 6.45) is 0. The number of rotatable bonds is 3. The van der Waals surface area contributed by atoms with E-state index >= 15 is 0 Å². The minimum atomic E-state index is -0.509. The van der Waals surface area contributed by atoms with Crippen molar-refractivity contribution in [2.45, 2.75) is 10.8 Å². The highest BCUT2D eigenvalue weighted by atomic mass is 32.1. The summed E-state index contributed by atoms with van der Waals surface area (Å²) in [5.74, 6) is 0. The molecule has 3 aromatic heterocycles. The summed E-state index contributed by atoms with van der Waals surface area (Å²) in [5, 5.41) is 16.3. The van der Waals surface area contributed by atoms with Crippen LogP contribution in [0.3, 0.4) is 0 Å². The Labute approximate surface area is 419 Å². The molecule has 3 aliphatic rings. The van der Waals surface area contributed by atoms with Crippen molar-refractivity contribution in [1.82, 2.24) is 0 Å². The van der Waals surface area contributed by atoms with Crippen molar-refractivity contribution in [2.75, 3.05) is 0 Å². The van der Waals surface area contributed by atoms with Crippen molar-refractivity contribution >= 4 is 127 Å². The maximum absolute atomic E-state index is 2.56. The van der Waals surface area contributed by atoms with Gasteiger partial charge in [0.2, 0.25) is 0 Å². The molecule has 0 fully saturated rings. The second-order valence-electron chi connectivity index (χ2n) is 20.0. The molecule has 15 aromatic rings. The summed E-state index contributed by atoms with van der Waals surface area (Å²) in [5.41, 5.74) is 15.4. The standard InChI is InChI=1S/C68H36S3/c1-4-28-58-40(13-1)49-22-7-19-46(64(49)69-58)37-31-34-55-61-43(37)16-10-25-52(61)67-53-26-11-17-44-38(47-20-8-23-50-41-14-2-5-29-59(41)70-65(47)50)32-35-56(62(44)53)68(55,67)57-36-33-39(45-18-12-27-54(67)63(45)57)48-21-9-24-51-42-15-3-6-30-60(42)71-66(48)51/h1-36H. The number of hydrogen-bond donors (Lipinski definition) is 0. The number of hydrogen-bond acceptors (Lipinski definition) is 3. The number of fused-ring (bicyclic) bond motifs is 9. The zero-order valence-corrected chi connectivity index (χ0v) is 40.5. The van der Waals surface area contributed by atoms with Gasteiger partial charge in [-0.25, -0.2) is 0 Å². The van der Waals surface area contributed by atoms with E-state index < -0.39 is 10.8 Å². The van der Waals surface area contributed by atoms with Crippen molar-refractivity contribution < 1.29 is 0 Å². The van der Waals surface area contributed by atoms with Gasteiger partial charge in [0.05, 0.1) is 10.8 Å². The third-order valence-electron chi connectivity index (χ3n) is 17.2. The van der Waals surface area contributed by atoms with Gasteiger partial charge in [-0.3, -0.25) is 0 Å². The van der Waals surface area contributed by atoms with Crippen LogP contribution in [0.25, 0.3) is 126 Å². The fourth-order valence-corrected chi connectivity index (χ4v) is 18.5. The lowest BCUT2D eigenvalue weighted by Gasteiger charge is -2.40. The summed E-state index contributed by atoms with van der Waals surface area (Å²) in [7, 11) is 0. The van der Waals surface area contributed by atoms with E-state index in [4.69, 9.17) is 0 Å². The first-order valence-corrected chi connectivity index (χ1v) is 27.1. The molecule has 3 heterocycles. The van der Waals surface area contributed by atoms with Crippen molar-refractivity contribution in [1.29, 1.82) is 0 Å². The maximum Gasteiger partial charge on any atom is 0.0648 e. The van der Waals surface area contributed by atoms with Crippen molar-refractivity contribution in [3.05, 3.63) is 252 Å². The highest BCUT2D eigenvalue weighted by molar-refractivity contribution is 7.27. The van der Waals surface area contributed by atoms with Crippen molar-refractivity contribution in [3.8, 4) is 33.4 Å². The molecular formula is C68H36S3. The van der Waals surface area contributed by atoms with Crippen LogP contribution in [0.2, 0.25) is 0 Å². The number of thiophene rings is 3. The van der Waals surface area contributed by atoms with Crippen LogP contribution in [0, 0.1) is 0 Å². The second-order valence-corrected chi connectivity index (χ2v) is 23.2. The average Bonchev–Trinajstić information content (AvgIpc) is 4.26. The molecule has 0 saturated carbocycles. The summed E-state index contributed by atoms with van der Waals surface area (Å²) < 4.78 is 8.08. The third-order valence-corrected chi connectivity index (χ3v) is 20.9. The molecule has 0 atom stereocenters. The molecule has 0 nitrogen and oxygen atoms in total. The predicted octanol–water partition coefficient (Wildman–Crippen LogP) is 19.6. The molecule has 18 rings (SSSR count). The van der Waals surface area contributed by atoms with E-state index in [2.05, 4.69) is 218 Å². The fraction of sp³-hybridized carbons (Fsp3) is 0.0294. The zero-order valence-electron chi connectivity index (χ0n) is 38.0. The van der Waals surface area contributed by atoms with Crippen LogP contribution in [0.5, 0.6) is 0 Å². The molecule has 0 saturated heterocycles. The van der Waals surface area contributed by atoms with Crippen molar-refractivity contribution in [3.63, 3.8) is 0 Å². The van der Waals surface area contributed by atoms with E-state index in [0.29, 0.717) is 0 Å². The van der Waals surface area contributed by atoms with Crippen LogP contribution >= 0.6 is 34.0 Å². The quantitative estimate of drug-likeness (QED) is 0.166. The minimum absolute atomic E-state index is 0.509. The molecule has 0 aliphatic heterocycles. The Morgan fingerprint density at radius 3 is 0.803 bits per heavy atom. The fourth-order valence-electron chi connectivity index (χ4n) is 14.8. The van der Waals surface area contributed by atoms with Gasteiger partial charge in [-0.15, -0.1) is 34.0 Å².